The molecule has 0 saturated carbocycles. The summed E-state index contributed by atoms with van der Waals surface area (Å²) >= 11 is 0. The number of carbonyl (C=O) groups excluding carboxylic acids is 3. The van der Waals surface area contributed by atoms with Crippen molar-refractivity contribution < 1.29 is 75.8 Å². The largest absolute Gasteiger partial charge is 0.472 e. The van der Waals surface area contributed by atoms with E-state index in [-0.39, 0.29) is 19.3 Å². The zero-order valence-electron chi connectivity index (χ0n) is 58.3. The van der Waals surface area contributed by atoms with E-state index in [1.165, 1.54) is 19.3 Å². The lowest BCUT2D eigenvalue weighted by molar-refractivity contribution is -0.161. The van der Waals surface area contributed by atoms with Crippen LogP contribution in [0.1, 0.15) is 239 Å². The minimum atomic E-state index is -4.95. The van der Waals surface area contributed by atoms with Gasteiger partial charge in [0.25, 0.3) is 0 Å². The molecule has 0 aromatic carbocycles. The Morgan fingerprint density at radius 3 is 0.947 bits per heavy atom. The van der Waals surface area contributed by atoms with E-state index >= 15 is 0 Å². The number of aliphatic hydroxyl groups excluding tert-OH is 2. The number of allylic oxidation sites excluding steroid dienone is 28. The van der Waals surface area contributed by atoms with Gasteiger partial charge in [-0.3, -0.25) is 32.5 Å². The van der Waals surface area contributed by atoms with Crippen molar-refractivity contribution in [3.63, 3.8) is 0 Å². The number of phosphoric acid groups is 2. The summed E-state index contributed by atoms with van der Waals surface area (Å²) < 4.78 is 60.8. The minimum Gasteiger partial charge on any atom is -0.463 e. The number of ether oxygens (including phenoxy) is 3. The van der Waals surface area contributed by atoms with Crippen LogP contribution in [0.2, 0.25) is 0 Å². The molecule has 16 nitrogen and oxygen atoms in total. The topological polar surface area (TPSA) is 231 Å². The molecule has 538 valence electrons. The summed E-state index contributed by atoms with van der Waals surface area (Å²) in [5.41, 5.74) is 0. The highest BCUT2D eigenvalue weighted by atomic mass is 31.2. The summed E-state index contributed by atoms with van der Waals surface area (Å²) in [6.07, 6.45) is 85.6. The predicted molar refractivity (Wildman–Crippen MR) is 389 cm³/mol. The van der Waals surface area contributed by atoms with Crippen LogP contribution in [0.4, 0.5) is 0 Å². The fourth-order valence-corrected chi connectivity index (χ4v) is 10.2. The molecule has 0 heterocycles. The summed E-state index contributed by atoms with van der Waals surface area (Å²) in [6.45, 7) is 2.26. The molecule has 18 heteroatoms. The first-order valence-corrected chi connectivity index (χ1v) is 38.4. The normalized spacial score (nSPS) is 15.1. The Kier molecular flexibility index (Phi) is 65.1. The van der Waals surface area contributed by atoms with Crippen molar-refractivity contribution in [2.24, 2.45) is 0 Å². The van der Waals surface area contributed by atoms with Gasteiger partial charge in [-0.05, 0) is 141 Å². The molecule has 95 heavy (non-hydrogen) atoms. The van der Waals surface area contributed by atoms with Gasteiger partial charge in [0.1, 0.15) is 25.4 Å². The van der Waals surface area contributed by atoms with Crippen molar-refractivity contribution in [3.8, 4) is 0 Å². The molecular formula is C77H124O16P2. The number of hydrogen-bond donors (Lipinski definition) is 4. The molecule has 0 bridgehead atoms. The molecule has 0 aliphatic rings. The Morgan fingerprint density at radius 2 is 0.579 bits per heavy atom. The number of esters is 3. The van der Waals surface area contributed by atoms with Crippen LogP contribution in [0, 0.1) is 0 Å². The number of phosphoric ester groups is 2. The van der Waals surface area contributed by atoms with Crippen molar-refractivity contribution in [3.05, 3.63) is 170 Å². The maximum absolute atomic E-state index is 12.9. The van der Waals surface area contributed by atoms with Crippen LogP contribution in [0.3, 0.4) is 0 Å². The number of carbonyl (C=O) groups is 3. The van der Waals surface area contributed by atoms with E-state index in [0.717, 1.165) is 154 Å². The van der Waals surface area contributed by atoms with Gasteiger partial charge in [0.05, 0.1) is 26.4 Å². The van der Waals surface area contributed by atoms with Gasteiger partial charge in [0.15, 0.2) is 6.10 Å². The Bertz CT molecular complexity index is 2410. The summed E-state index contributed by atoms with van der Waals surface area (Å²) in [5, 5.41) is 20.6. The molecule has 0 spiro atoms. The smallest absolute Gasteiger partial charge is 0.463 e. The van der Waals surface area contributed by atoms with Crippen LogP contribution < -0.4 is 0 Å². The van der Waals surface area contributed by atoms with Crippen LogP contribution in [-0.4, -0.2) is 95.9 Å². The van der Waals surface area contributed by atoms with Crippen LogP contribution in [0.25, 0.3) is 0 Å². The first kappa shape index (κ1) is 89.9. The molecule has 0 radical (unpaired) electrons. The van der Waals surface area contributed by atoms with E-state index in [1.807, 2.05) is 18.2 Å². The molecule has 0 aromatic rings. The SMILES string of the molecule is CC/C=C\C/C=C\C/C=C\C/C=C\C/C=C\C/C=C\CCCCCCCCC(=O)OCC(O)COP(=O)(O)OCC(O)COP(=O)(O)OCC(COC(=O)CC/C=C\C/C=C\C/C=C\C/C=C\C/C=C\C/C=C\CC)OC(=O)CCCCCCC/C=C\C/C=C\CCCCC. The standard InChI is InChI=1S/C77H124O16P2/c1-4-7-10-13-16-19-22-25-28-30-32-33-34-35-36-37-39-41-43-45-48-51-54-57-60-63-75(80)87-66-72(78)67-89-94(83,84)90-68-73(79)69-91-95(85,86)92-71-74(93-77(82)65-62-59-56-53-50-47-42-27-24-21-18-15-12-9-6-3)70-88-76(81)64-61-58-55-52-49-46-44-40-38-31-29-26-23-20-17-14-11-8-5-2/h7-8,10-11,16-21,25-29,32-33,35-36,38-42,46,49,55,58,72-74,78-79H,4-6,9,12-15,22-24,30-31,34,37,43-45,47-48,50-54,56-57,59-71H2,1-3H3,(H,83,84)(H,85,86)/b10-7-,11-8-,19-16-,20-17-,21-18-,28-25-,29-26-,33-32-,36-35-,40-38-,41-39-,42-27-,49-46-,58-55-. The van der Waals surface area contributed by atoms with Crippen LogP contribution in [0.15, 0.2) is 170 Å². The number of hydrogen-bond acceptors (Lipinski definition) is 14. The monoisotopic (exact) mass is 1370 g/mol. The summed E-state index contributed by atoms with van der Waals surface area (Å²) in [4.78, 5) is 58.4. The van der Waals surface area contributed by atoms with Gasteiger partial charge < -0.3 is 34.2 Å². The fraction of sp³-hybridized carbons (Fsp3) is 0.597. The number of rotatable bonds is 65. The predicted octanol–water partition coefficient (Wildman–Crippen LogP) is 20.1. The second kappa shape index (κ2) is 68.8. The van der Waals surface area contributed by atoms with E-state index in [2.05, 4.69) is 173 Å². The molecule has 4 N–H and O–H groups in total. The average molecular weight is 1370 g/mol. The average Bonchev–Trinajstić information content (AvgIpc) is 2.24. The lowest BCUT2D eigenvalue weighted by Crippen LogP contribution is -2.30. The third kappa shape index (κ3) is 70.1. The molecule has 0 aliphatic heterocycles. The lowest BCUT2D eigenvalue weighted by Gasteiger charge is -2.21. The van der Waals surface area contributed by atoms with E-state index in [9.17, 15) is 43.5 Å². The highest BCUT2D eigenvalue weighted by Gasteiger charge is 2.29. The van der Waals surface area contributed by atoms with Gasteiger partial charge >= 0.3 is 33.6 Å². The van der Waals surface area contributed by atoms with Gasteiger partial charge in [-0.25, -0.2) is 9.13 Å². The van der Waals surface area contributed by atoms with Gasteiger partial charge in [-0.1, -0.05) is 249 Å². The second-order valence-corrected chi connectivity index (χ2v) is 25.8. The summed E-state index contributed by atoms with van der Waals surface area (Å²) in [5.74, 6) is -1.72. The Balaban J connectivity index is 4.71. The van der Waals surface area contributed by atoms with Crippen molar-refractivity contribution in [2.45, 2.75) is 257 Å². The lowest BCUT2D eigenvalue weighted by atomic mass is 10.1. The Morgan fingerprint density at radius 1 is 0.305 bits per heavy atom. The molecule has 0 fully saturated rings. The van der Waals surface area contributed by atoms with Crippen molar-refractivity contribution in [1.29, 1.82) is 0 Å². The van der Waals surface area contributed by atoms with Crippen LogP contribution in [0.5, 0.6) is 0 Å². The second-order valence-electron chi connectivity index (χ2n) is 22.9. The quantitative estimate of drug-likeness (QED) is 0.0146. The Hall–Kier alpha value is -5.09. The molecule has 0 aliphatic carbocycles. The van der Waals surface area contributed by atoms with Gasteiger partial charge in [-0.15, -0.1) is 0 Å². The van der Waals surface area contributed by atoms with Gasteiger partial charge in [0.2, 0.25) is 0 Å². The highest BCUT2D eigenvalue weighted by molar-refractivity contribution is 7.47. The molecule has 5 atom stereocenters. The minimum absolute atomic E-state index is 0.0358. The van der Waals surface area contributed by atoms with E-state index in [0.29, 0.717) is 25.7 Å². The number of unbranched alkanes of at least 4 members (excludes halogenated alkanes) is 14. The van der Waals surface area contributed by atoms with Crippen molar-refractivity contribution in [1.82, 2.24) is 0 Å². The third-order valence-electron chi connectivity index (χ3n) is 13.9. The van der Waals surface area contributed by atoms with E-state index < -0.39 is 91.5 Å². The van der Waals surface area contributed by atoms with Crippen molar-refractivity contribution >= 4 is 33.6 Å². The highest BCUT2D eigenvalue weighted by Crippen LogP contribution is 2.45. The zero-order valence-corrected chi connectivity index (χ0v) is 60.1. The summed E-state index contributed by atoms with van der Waals surface area (Å²) in [7, 11) is -9.82. The van der Waals surface area contributed by atoms with Crippen LogP contribution in [-0.2, 0) is 55.8 Å². The third-order valence-corrected chi connectivity index (χ3v) is 15.8. The first-order chi connectivity index (χ1) is 46.2. The molecule has 5 unspecified atom stereocenters. The maximum atomic E-state index is 12.9. The Labute approximate surface area is 573 Å². The van der Waals surface area contributed by atoms with Crippen molar-refractivity contribution in [2.75, 3.05) is 39.6 Å². The zero-order chi connectivity index (χ0) is 69.5. The van der Waals surface area contributed by atoms with Gasteiger partial charge in [0, 0.05) is 19.3 Å². The number of aliphatic hydroxyl groups is 2. The molecule has 0 aromatic heterocycles. The first-order valence-electron chi connectivity index (χ1n) is 35.4. The molecular weight excluding hydrogens is 1240 g/mol. The molecule has 0 rings (SSSR count). The van der Waals surface area contributed by atoms with E-state index in [4.69, 9.17) is 32.3 Å². The molecule has 0 amide bonds. The van der Waals surface area contributed by atoms with Gasteiger partial charge in [-0.2, -0.15) is 0 Å². The summed E-state index contributed by atoms with van der Waals surface area (Å²) in [6, 6.07) is 0. The van der Waals surface area contributed by atoms with Crippen LogP contribution >= 0.6 is 15.6 Å². The fourth-order valence-electron chi connectivity index (χ4n) is 8.57. The maximum Gasteiger partial charge on any atom is 0.472 e. The molecule has 0 saturated heterocycles. The van der Waals surface area contributed by atoms with E-state index in [1.54, 1.807) is 0 Å².